The van der Waals surface area contributed by atoms with Gasteiger partial charge in [-0.2, -0.15) is 0 Å². The van der Waals surface area contributed by atoms with Crippen molar-refractivity contribution in [3.63, 3.8) is 0 Å². The minimum Gasteiger partial charge on any atom is -0.360 e. The molecule has 0 fully saturated rings. The number of anilines is 1. The second-order valence-corrected chi connectivity index (χ2v) is 6.25. The molecule has 8 heteroatoms. The average Bonchev–Trinajstić information content (AvgIpc) is 3.02. The summed E-state index contributed by atoms with van der Waals surface area (Å²) in [6.45, 7) is 5.17. The summed E-state index contributed by atoms with van der Waals surface area (Å²) in [5.41, 5.74) is 1.81. The molecule has 3 rings (SSSR count). The Kier molecular flexibility index (Phi) is 3.49. The maximum Gasteiger partial charge on any atom is 0.271 e. The third kappa shape index (κ3) is 2.32. The molecular weight excluding hydrogens is 294 g/mol. The maximum absolute atomic E-state index is 12.4. The summed E-state index contributed by atoms with van der Waals surface area (Å²) in [5, 5.41) is 14.7. The van der Waals surface area contributed by atoms with Gasteiger partial charge in [0.2, 0.25) is 5.13 Å². The predicted molar refractivity (Wildman–Crippen MR) is 81.8 cm³/mol. The molecule has 0 aliphatic heterocycles. The first-order valence-electron chi connectivity index (χ1n) is 6.18. The molecule has 0 saturated carbocycles. The molecule has 3 aromatic rings. The van der Waals surface area contributed by atoms with E-state index in [2.05, 4.69) is 20.5 Å². The number of hydrogen-bond donors (Lipinski definition) is 1. The third-order valence-corrected chi connectivity index (χ3v) is 4.76. The molecule has 0 unspecified atom stereocenters. The molecule has 3 heterocycles. The fraction of sp³-hybridized carbons (Fsp3) is 0.333. The smallest absolute Gasteiger partial charge is 0.271 e. The van der Waals surface area contributed by atoms with Crippen LogP contribution in [0.5, 0.6) is 0 Å². The fourth-order valence-corrected chi connectivity index (χ4v) is 3.62. The monoisotopic (exact) mass is 307 g/mol. The Labute approximate surface area is 123 Å². The Morgan fingerprint density at radius 2 is 2.25 bits per heavy atom. The lowest BCUT2D eigenvalue weighted by Crippen LogP contribution is -2.20. The molecule has 104 valence electrons. The molecule has 0 saturated heterocycles. The van der Waals surface area contributed by atoms with Gasteiger partial charge < -0.3 is 5.32 Å². The second-order valence-electron chi connectivity index (χ2n) is 4.31. The summed E-state index contributed by atoms with van der Waals surface area (Å²) in [6.07, 6.45) is 1.58. The second kappa shape index (κ2) is 5.29. The van der Waals surface area contributed by atoms with Crippen molar-refractivity contribution in [2.45, 2.75) is 20.4 Å². The third-order valence-electron chi connectivity index (χ3n) is 2.82. The van der Waals surface area contributed by atoms with E-state index in [1.165, 1.54) is 22.7 Å². The van der Waals surface area contributed by atoms with Crippen LogP contribution in [0, 0.1) is 6.92 Å². The summed E-state index contributed by atoms with van der Waals surface area (Å²) in [5.74, 6) is 0. The Morgan fingerprint density at radius 1 is 1.40 bits per heavy atom. The molecule has 1 N–H and O–H groups in total. The van der Waals surface area contributed by atoms with Crippen LogP contribution in [0.1, 0.15) is 17.5 Å². The predicted octanol–water partition coefficient (Wildman–Crippen LogP) is 2.10. The summed E-state index contributed by atoms with van der Waals surface area (Å²) >= 11 is 2.89. The lowest BCUT2D eigenvalue weighted by Gasteiger charge is -2.01. The highest BCUT2D eigenvalue weighted by molar-refractivity contribution is 7.17. The maximum atomic E-state index is 12.4. The summed E-state index contributed by atoms with van der Waals surface area (Å²) in [4.78, 5) is 16.7. The SMILES string of the molecule is CCNc1nnc(Cn2cnc3c(C)csc3c2=O)s1. The van der Waals surface area contributed by atoms with E-state index in [0.29, 0.717) is 11.2 Å². The van der Waals surface area contributed by atoms with E-state index in [0.717, 1.165) is 27.8 Å². The van der Waals surface area contributed by atoms with Gasteiger partial charge in [0, 0.05) is 6.54 Å². The molecule has 0 bridgehead atoms. The van der Waals surface area contributed by atoms with Gasteiger partial charge in [0.25, 0.3) is 5.56 Å². The van der Waals surface area contributed by atoms with Crippen molar-refractivity contribution >= 4 is 38.0 Å². The van der Waals surface area contributed by atoms with Gasteiger partial charge in [0.1, 0.15) is 9.71 Å². The van der Waals surface area contributed by atoms with E-state index < -0.39 is 0 Å². The van der Waals surface area contributed by atoms with E-state index in [1.54, 1.807) is 10.9 Å². The van der Waals surface area contributed by atoms with Crippen LogP contribution in [0.4, 0.5) is 5.13 Å². The van der Waals surface area contributed by atoms with Gasteiger partial charge in [0.05, 0.1) is 18.4 Å². The van der Waals surface area contributed by atoms with Crippen LogP contribution >= 0.6 is 22.7 Å². The van der Waals surface area contributed by atoms with Gasteiger partial charge in [-0.05, 0) is 24.8 Å². The lowest BCUT2D eigenvalue weighted by atomic mass is 10.3. The molecule has 20 heavy (non-hydrogen) atoms. The van der Waals surface area contributed by atoms with Gasteiger partial charge in [-0.15, -0.1) is 21.5 Å². The zero-order valence-electron chi connectivity index (χ0n) is 11.1. The first-order valence-corrected chi connectivity index (χ1v) is 7.88. The van der Waals surface area contributed by atoms with Crippen molar-refractivity contribution in [1.82, 2.24) is 19.7 Å². The van der Waals surface area contributed by atoms with Gasteiger partial charge in [-0.3, -0.25) is 9.36 Å². The highest BCUT2D eigenvalue weighted by atomic mass is 32.1. The minimum atomic E-state index is -0.0201. The molecule has 0 aromatic carbocycles. The van der Waals surface area contributed by atoms with Gasteiger partial charge in [-0.25, -0.2) is 4.98 Å². The van der Waals surface area contributed by atoms with Gasteiger partial charge in [0.15, 0.2) is 0 Å². The minimum absolute atomic E-state index is 0.0201. The van der Waals surface area contributed by atoms with E-state index >= 15 is 0 Å². The van der Waals surface area contributed by atoms with Crippen LogP contribution in [0.3, 0.4) is 0 Å². The van der Waals surface area contributed by atoms with E-state index in [1.807, 2.05) is 19.2 Å². The van der Waals surface area contributed by atoms with E-state index in [-0.39, 0.29) is 5.56 Å². The summed E-state index contributed by atoms with van der Waals surface area (Å²) in [7, 11) is 0. The quantitative estimate of drug-likeness (QED) is 0.799. The number of rotatable bonds is 4. The van der Waals surface area contributed by atoms with Crippen LogP contribution in [0.15, 0.2) is 16.5 Å². The number of nitrogens with zero attached hydrogens (tertiary/aromatic N) is 4. The Bertz CT molecular complexity index is 804. The average molecular weight is 307 g/mol. The molecule has 0 aliphatic rings. The Morgan fingerprint density at radius 3 is 3.05 bits per heavy atom. The standard InChI is InChI=1S/C12H13N5OS2/c1-3-13-12-16-15-8(20-12)4-17-6-14-9-7(2)5-19-10(9)11(17)18/h5-6H,3-4H2,1-2H3,(H,13,16). The molecule has 3 aromatic heterocycles. The van der Waals surface area contributed by atoms with Crippen LogP contribution in [-0.2, 0) is 6.54 Å². The highest BCUT2D eigenvalue weighted by Crippen LogP contribution is 2.20. The highest BCUT2D eigenvalue weighted by Gasteiger charge is 2.10. The van der Waals surface area contributed by atoms with E-state index in [9.17, 15) is 4.79 Å². The van der Waals surface area contributed by atoms with Crippen molar-refractivity contribution in [2.75, 3.05) is 11.9 Å². The molecule has 0 spiro atoms. The van der Waals surface area contributed by atoms with Crippen molar-refractivity contribution in [2.24, 2.45) is 0 Å². The summed E-state index contributed by atoms with van der Waals surface area (Å²) < 4.78 is 2.27. The molecular formula is C12H13N5OS2. The number of fused-ring (bicyclic) bond motifs is 1. The van der Waals surface area contributed by atoms with Crippen molar-refractivity contribution < 1.29 is 0 Å². The van der Waals surface area contributed by atoms with Crippen molar-refractivity contribution in [1.29, 1.82) is 0 Å². The van der Waals surface area contributed by atoms with Crippen LogP contribution in [0.25, 0.3) is 10.2 Å². The zero-order valence-corrected chi connectivity index (χ0v) is 12.7. The zero-order chi connectivity index (χ0) is 14.1. The molecule has 0 aliphatic carbocycles. The topological polar surface area (TPSA) is 72.7 Å². The Balaban J connectivity index is 1.94. The number of aromatic nitrogens is 4. The number of nitrogens with one attached hydrogen (secondary N) is 1. The lowest BCUT2D eigenvalue weighted by molar-refractivity contribution is 0.735. The molecule has 0 radical (unpaired) electrons. The largest absolute Gasteiger partial charge is 0.360 e. The van der Waals surface area contributed by atoms with Crippen molar-refractivity contribution in [3.05, 3.63) is 32.6 Å². The van der Waals surface area contributed by atoms with Crippen LogP contribution in [-0.4, -0.2) is 26.3 Å². The van der Waals surface area contributed by atoms with Gasteiger partial charge in [-0.1, -0.05) is 11.3 Å². The first-order chi connectivity index (χ1) is 9.69. The molecule has 0 atom stereocenters. The van der Waals surface area contributed by atoms with Crippen molar-refractivity contribution in [3.8, 4) is 0 Å². The van der Waals surface area contributed by atoms with Gasteiger partial charge >= 0.3 is 0 Å². The van der Waals surface area contributed by atoms with Crippen LogP contribution in [0.2, 0.25) is 0 Å². The molecule has 6 nitrogen and oxygen atoms in total. The van der Waals surface area contributed by atoms with E-state index in [4.69, 9.17) is 0 Å². The fourth-order valence-electron chi connectivity index (χ4n) is 1.86. The number of thiophene rings is 1. The Hall–Kier alpha value is -1.80. The summed E-state index contributed by atoms with van der Waals surface area (Å²) in [6, 6.07) is 0. The normalized spacial score (nSPS) is 11.1. The number of hydrogen-bond acceptors (Lipinski definition) is 7. The van der Waals surface area contributed by atoms with Crippen LogP contribution < -0.4 is 10.9 Å². The number of aryl methyl sites for hydroxylation is 1. The first kappa shape index (κ1) is 13.2. The molecule has 0 amide bonds.